The molecule has 0 fully saturated rings. The largest absolute Gasteiger partial charge is 2.00 e. The number of aromatic nitrogens is 10. The average Bonchev–Trinajstić information content (AvgIpc) is 1.34. The molecule has 444 valence electrons. The number of rotatable bonds is 6. The molecule has 10 aromatic heterocycles. The summed E-state index contributed by atoms with van der Waals surface area (Å²) < 4.78 is 21.1. The Kier molecular flexibility index (Phi) is 18.6. The van der Waals surface area contributed by atoms with Crippen LogP contribution in [0.3, 0.4) is 0 Å². The van der Waals surface area contributed by atoms with Gasteiger partial charge in [-0.1, -0.05) is 125 Å². The van der Waals surface area contributed by atoms with E-state index in [4.69, 9.17) is 67.3 Å². The Balaban J connectivity index is 0.000000144. The standard InChI is InChI=1S/C36H23N5O.C36H21N5O.4ClH.2K.2Pt/c2*1-22-18-33-36-28(29-19-23-8-2-3-9-24(23)20-32(29)41(33)39-22)15-16-35(38-36)42-25-13-14-27-26-10-4-5-11-30(26)40(31(27)21-25)34-12-6-7-17-37-34;;;;;;;;/h2-21H,1H3;2-17,19-20H,1H3;4*1H;;;;/q;-2;;;;;;;+2;+4/p-4. The number of aryl methyl sites for hydroxylation is 2. The zero-order valence-corrected chi connectivity index (χ0v) is 63.2. The van der Waals surface area contributed by atoms with Crippen molar-refractivity contribution in [3.8, 4) is 34.9 Å². The summed E-state index contributed by atoms with van der Waals surface area (Å²) in [5.74, 6) is 3.99. The average molecular weight is 1690 g/mol. The maximum Gasteiger partial charge on any atom is 2.00 e. The van der Waals surface area contributed by atoms with Gasteiger partial charge in [-0.15, -0.1) is 17.5 Å². The van der Waals surface area contributed by atoms with Crippen LogP contribution in [0.25, 0.3) is 131 Å². The quantitative estimate of drug-likeness (QED) is 0.0700. The van der Waals surface area contributed by atoms with Crippen molar-refractivity contribution in [3.63, 3.8) is 0 Å². The molecule has 0 radical (unpaired) electrons. The second-order valence-corrected chi connectivity index (χ2v) is 41.1. The van der Waals surface area contributed by atoms with Crippen molar-refractivity contribution in [2.45, 2.75) is 13.8 Å². The van der Waals surface area contributed by atoms with Gasteiger partial charge in [0.15, 0.2) is 5.88 Å². The van der Waals surface area contributed by atoms with Crippen LogP contribution in [0.2, 0.25) is 0 Å². The van der Waals surface area contributed by atoms with Crippen molar-refractivity contribution in [3.05, 3.63) is 254 Å². The van der Waals surface area contributed by atoms with Crippen LogP contribution in [-0.4, -0.2) is 111 Å². The Morgan fingerprint density at radius 1 is 0.402 bits per heavy atom. The van der Waals surface area contributed by atoms with Gasteiger partial charge < -0.3 is 19.0 Å². The molecule has 8 aromatic carbocycles. The van der Waals surface area contributed by atoms with Crippen LogP contribution in [0.5, 0.6) is 23.3 Å². The van der Waals surface area contributed by atoms with Crippen LogP contribution >= 0.6 is 37.7 Å². The van der Waals surface area contributed by atoms with Crippen molar-refractivity contribution < 1.29 is 42.4 Å². The third-order valence-corrected chi connectivity index (χ3v) is 16.0. The summed E-state index contributed by atoms with van der Waals surface area (Å²) in [4.78, 5) is 19.3. The van der Waals surface area contributed by atoms with Crippen LogP contribution in [0, 0.1) is 26.0 Å². The van der Waals surface area contributed by atoms with E-state index in [-0.39, 0.29) is 21.1 Å². The molecule has 18 rings (SSSR count). The Bertz CT molecular complexity index is 5530. The van der Waals surface area contributed by atoms with E-state index in [1.807, 2.05) is 95.8 Å². The Labute approximate surface area is 604 Å². The number of hydrogen-bond donors (Lipinski definition) is 0. The molecule has 18 aromatic rings. The summed E-state index contributed by atoms with van der Waals surface area (Å²) in [7, 11) is 20.0. The molecule has 10 heterocycles. The van der Waals surface area contributed by atoms with Crippen molar-refractivity contribution in [2.24, 2.45) is 0 Å². The smallest absolute Gasteiger partial charge is 2.00 e. The maximum atomic E-state index is 6.44. The SMILES string of the molecule is Cc1[c-]c2c3nc(Oc4[c-]c5c(cc4)c4ccccc4n5-c4ccccn4)ccc3c3cc4ccccc4cc3n2n1.Cc1cc2c3nc(Oc4ccc5c6ccccc6n(-c6ccccn6)c5c4)ccc3c3cc4ccccc4cc3n2n1.[Cl][Pt]([Cl])([Cl])[Cl].[K][K].[Pt+2]. The minimum Gasteiger partial charge on any atom is 2.00 e. The van der Waals surface area contributed by atoms with Crippen LogP contribution in [-0.2, 0) is 33.0 Å². The number of hydrogen-bond acceptors (Lipinski definition) is 8. The molecule has 0 aliphatic carbocycles. The molecular formula is C72H44Cl4K2N10O2Pt2. The van der Waals surface area contributed by atoms with Crippen LogP contribution in [0.4, 0.5) is 0 Å². The number of para-hydroxylation sites is 2. The van der Waals surface area contributed by atoms with Crippen molar-refractivity contribution in [1.82, 2.24) is 48.3 Å². The van der Waals surface area contributed by atoms with Gasteiger partial charge in [0, 0.05) is 57.3 Å². The molecule has 0 amide bonds. The van der Waals surface area contributed by atoms with E-state index in [2.05, 4.69) is 183 Å². The summed E-state index contributed by atoms with van der Waals surface area (Å²) in [6, 6.07) is 81.5. The topological polar surface area (TPSA) is 114 Å². The first-order chi connectivity index (χ1) is 44.4. The molecule has 0 spiro atoms. The van der Waals surface area contributed by atoms with E-state index in [0.717, 1.165) is 116 Å². The van der Waals surface area contributed by atoms with Crippen molar-refractivity contribution in [2.75, 3.05) is 0 Å². The molecule has 0 N–H and O–H groups in total. The first-order valence-corrected chi connectivity index (χ1v) is 56.5. The Morgan fingerprint density at radius 3 is 1.53 bits per heavy atom. The van der Waals surface area contributed by atoms with Gasteiger partial charge in [0.2, 0.25) is 5.88 Å². The third-order valence-electron chi connectivity index (χ3n) is 16.0. The van der Waals surface area contributed by atoms with Crippen LogP contribution < -0.4 is 9.47 Å². The van der Waals surface area contributed by atoms with Gasteiger partial charge >= 0.3 is 134 Å². The fraction of sp³-hybridized carbons (Fsp3) is 0.0278. The van der Waals surface area contributed by atoms with Gasteiger partial charge in [0.1, 0.15) is 22.9 Å². The Morgan fingerprint density at radius 2 is 0.902 bits per heavy atom. The summed E-state index contributed by atoms with van der Waals surface area (Å²) in [6.45, 7) is 3.97. The predicted octanol–water partition coefficient (Wildman–Crippen LogP) is 19.2. The first kappa shape index (κ1) is 63.7. The molecule has 0 aliphatic rings. The van der Waals surface area contributed by atoms with Crippen molar-refractivity contribution >= 4 is 221 Å². The fourth-order valence-electron chi connectivity index (χ4n) is 12.3. The zero-order chi connectivity index (χ0) is 62.1. The summed E-state index contributed by atoms with van der Waals surface area (Å²) >= 11 is -0.556. The molecular weight excluding hydrogens is 1650 g/mol. The molecule has 0 saturated carbocycles. The summed E-state index contributed by atoms with van der Waals surface area (Å²) in [5.41, 5.74) is 11.4. The number of fused-ring (bicyclic) bond motifs is 20. The maximum absolute atomic E-state index is 6.44. The van der Waals surface area contributed by atoms with E-state index >= 15 is 0 Å². The number of nitrogens with zero attached hydrogens (tertiary/aromatic N) is 10. The number of pyridine rings is 6. The number of ether oxygens (including phenoxy) is 2. The van der Waals surface area contributed by atoms with E-state index in [1.165, 1.54) is 90.1 Å². The van der Waals surface area contributed by atoms with Gasteiger partial charge in [0.25, 0.3) is 0 Å². The second-order valence-electron chi connectivity index (χ2n) is 21.4. The minimum absolute atomic E-state index is 0. The molecule has 0 aliphatic heterocycles. The van der Waals surface area contributed by atoms with Gasteiger partial charge in [-0.25, -0.2) is 19.5 Å². The van der Waals surface area contributed by atoms with Gasteiger partial charge in [-0.05, 0) is 143 Å². The van der Waals surface area contributed by atoms with Gasteiger partial charge in [-0.2, -0.15) is 22.3 Å². The van der Waals surface area contributed by atoms with E-state index in [0.29, 0.717) is 23.3 Å². The fourth-order valence-corrected chi connectivity index (χ4v) is 12.3. The van der Waals surface area contributed by atoms with Gasteiger partial charge in [0.05, 0.1) is 33.3 Å². The first-order valence-electron chi connectivity index (χ1n) is 29.2. The van der Waals surface area contributed by atoms with Crippen LogP contribution in [0.15, 0.2) is 231 Å². The molecule has 20 heteroatoms. The molecule has 0 bridgehead atoms. The molecule has 92 heavy (non-hydrogen) atoms. The van der Waals surface area contributed by atoms with E-state index < -0.39 is 11.9 Å². The summed E-state index contributed by atoms with van der Waals surface area (Å²) in [5, 5.41) is 23.1. The number of benzene rings is 8. The predicted molar refractivity (Wildman–Crippen MR) is 370 cm³/mol. The molecule has 0 unspecified atom stereocenters. The molecule has 0 atom stereocenters. The van der Waals surface area contributed by atoms with Gasteiger partial charge in [-0.3, -0.25) is 9.08 Å². The normalized spacial score (nSPS) is 11.8. The Hall–Kier alpha value is -5.69. The molecule has 0 saturated heterocycles. The summed E-state index contributed by atoms with van der Waals surface area (Å²) in [6.07, 6.45) is 3.62. The monoisotopic (exact) mass is 1690 g/mol. The van der Waals surface area contributed by atoms with Crippen molar-refractivity contribution in [1.29, 1.82) is 0 Å². The van der Waals surface area contributed by atoms with E-state index in [9.17, 15) is 0 Å². The zero-order valence-electron chi connectivity index (χ0n) is 49.4. The van der Waals surface area contributed by atoms with Crippen LogP contribution in [0.1, 0.15) is 11.4 Å². The number of halogens is 4. The minimum atomic E-state index is -3.06. The third kappa shape index (κ3) is 12.3. The second kappa shape index (κ2) is 26.8. The van der Waals surface area contributed by atoms with E-state index in [1.54, 1.807) is 6.20 Å². The molecule has 12 nitrogen and oxygen atoms in total.